The first-order valence-corrected chi connectivity index (χ1v) is 3.66. The molecule has 0 spiro atoms. The van der Waals surface area contributed by atoms with Gasteiger partial charge in [-0.25, -0.2) is 0 Å². The molecule has 0 atom stereocenters. The smallest absolute Gasteiger partial charge is 0.0594 e. The van der Waals surface area contributed by atoms with Gasteiger partial charge >= 0.3 is 0 Å². The summed E-state index contributed by atoms with van der Waals surface area (Å²) in [7, 11) is 0. The van der Waals surface area contributed by atoms with E-state index in [-0.39, 0.29) is 0 Å². The molecule has 0 unspecified atom stereocenters. The molecule has 1 aliphatic rings. The number of hydrogen-bond acceptors (Lipinski definition) is 4. The van der Waals surface area contributed by atoms with Crippen molar-refractivity contribution in [2.75, 3.05) is 33.0 Å². The van der Waals surface area contributed by atoms with Gasteiger partial charge in [0, 0.05) is 26.7 Å². The van der Waals surface area contributed by atoms with E-state index < -0.39 is 0 Å². The van der Waals surface area contributed by atoms with Crippen LogP contribution in [0.3, 0.4) is 0 Å². The Hall–Kier alpha value is -0.630. The highest BCUT2D eigenvalue weighted by atomic mass is 16.5. The van der Waals surface area contributed by atoms with Crippen LogP contribution < -0.4 is 5.73 Å². The highest BCUT2D eigenvalue weighted by Crippen LogP contribution is 1.91. The predicted octanol–water partition coefficient (Wildman–Crippen LogP) is -0.235. The molecule has 1 fully saturated rings. The lowest BCUT2D eigenvalue weighted by atomic mass is 10.5. The summed E-state index contributed by atoms with van der Waals surface area (Å²) in [6, 6.07) is 1.75. The Morgan fingerprint density at radius 2 is 2.00 bits per heavy atom. The standard InChI is InChI=1S/C5H12N2O.C2H3N/c6-5-7-1-3-8-4-2-7;1-2-3/h1-6H2;1H3. The molecule has 0 saturated carbocycles. The van der Waals surface area contributed by atoms with Crippen LogP contribution >= 0.6 is 0 Å². The van der Waals surface area contributed by atoms with Gasteiger partial charge in [-0.15, -0.1) is 0 Å². The second-order valence-corrected chi connectivity index (χ2v) is 2.14. The molecule has 2 N–H and O–H groups in total. The Morgan fingerprint density at radius 3 is 2.27 bits per heavy atom. The Kier molecular flexibility index (Phi) is 7.05. The van der Waals surface area contributed by atoms with Crippen LogP contribution in [0, 0.1) is 11.3 Å². The summed E-state index contributed by atoms with van der Waals surface area (Å²) in [6.45, 7) is 5.78. The first kappa shape index (κ1) is 10.4. The largest absolute Gasteiger partial charge is 0.379 e. The van der Waals surface area contributed by atoms with E-state index >= 15 is 0 Å². The lowest BCUT2D eigenvalue weighted by Gasteiger charge is -2.24. The van der Waals surface area contributed by atoms with Gasteiger partial charge in [0.15, 0.2) is 0 Å². The van der Waals surface area contributed by atoms with Gasteiger partial charge in [0.25, 0.3) is 0 Å². The molecule has 4 heteroatoms. The van der Waals surface area contributed by atoms with E-state index in [9.17, 15) is 0 Å². The van der Waals surface area contributed by atoms with E-state index in [0.717, 1.165) is 26.3 Å². The van der Waals surface area contributed by atoms with Crippen molar-refractivity contribution in [1.29, 1.82) is 5.26 Å². The van der Waals surface area contributed by atoms with Crippen molar-refractivity contribution in [3.8, 4) is 6.07 Å². The molecule has 0 aliphatic carbocycles. The first-order chi connectivity index (χ1) is 5.35. The van der Waals surface area contributed by atoms with Crippen molar-refractivity contribution >= 4 is 0 Å². The number of ether oxygens (including phenoxy) is 1. The fraction of sp³-hybridized carbons (Fsp3) is 0.857. The van der Waals surface area contributed by atoms with E-state index in [1.165, 1.54) is 6.92 Å². The molecule has 0 aromatic carbocycles. The van der Waals surface area contributed by atoms with Gasteiger partial charge < -0.3 is 10.5 Å². The Bertz CT molecular complexity index is 115. The van der Waals surface area contributed by atoms with Gasteiger partial charge in [-0.3, -0.25) is 4.90 Å². The molecule has 0 aromatic rings. The normalized spacial score (nSPS) is 17.9. The maximum atomic E-state index is 7.32. The summed E-state index contributed by atoms with van der Waals surface area (Å²) in [6.07, 6.45) is 0. The molecule has 1 rings (SSSR count). The number of nitrogens with zero attached hydrogens (tertiary/aromatic N) is 2. The number of morpholine rings is 1. The van der Waals surface area contributed by atoms with Crippen LogP contribution in [0.1, 0.15) is 6.92 Å². The molecule has 1 saturated heterocycles. The fourth-order valence-electron chi connectivity index (χ4n) is 0.784. The summed E-state index contributed by atoms with van der Waals surface area (Å²) >= 11 is 0. The number of rotatable bonds is 1. The zero-order chi connectivity index (χ0) is 8.53. The number of nitrogens with two attached hydrogens (primary N) is 1. The van der Waals surface area contributed by atoms with Gasteiger partial charge in [0.2, 0.25) is 0 Å². The maximum Gasteiger partial charge on any atom is 0.0594 e. The van der Waals surface area contributed by atoms with Crippen LogP contribution in [0.15, 0.2) is 0 Å². The van der Waals surface area contributed by atoms with Crippen LogP contribution in [0.5, 0.6) is 0 Å². The van der Waals surface area contributed by atoms with Crippen LogP contribution in [-0.2, 0) is 4.74 Å². The Balaban J connectivity index is 0.000000292. The Morgan fingerprint density at radius 1 is 1.55 bits per heavy atom. The molecule has 0 amide bonds. The van der Waals surface area contributed by atoms with Gasteiger partial charge in [-0.2, -0.15) is 5.26 Å². The van der Waals surface area contributed by atoms with Crippen molar-refractivity contribution in [1.82, 2.24) is 4.90 Å². The fourth-order valence-corrected chi connectivity index (χ4v) is 0.784. The lowest BCUT2D eigenvalue weighted by molar-refractivity contribution is 0.0391. The van der Waals surface area contributed by atoms with E-state index in [0.29, 0.717) is 6.67 Å². The minimum Gasteiger partial charge on any atom is -0.379 e. The third kappa shape index (κ3) is 5.80. The summed E-state index contributed by atoms with van der Waals surface area (Å²) in [5, 5.41) is 7.32. The summed E-state index contributed by atoms with van der Waals surface area (Å²) in [5.41, 5.74) is 5.37. The molecule has 1 aliphatic heterocycles. The molecule has 0 aromatic heterocycles. The van der Waals surface area contributed by atoms with Crippen molar-refractivity contribution in [2.24, 2.45) is 5.73 Å². The average Bonchev–Trinajstić information content (AvgIpc) is 2.08. The summed E-state index contributed by atoms with van der Waals surface area (Å²) < 4.78 is 5.10. The second kappa shape index (κ2) is 7.48. The zero-order valence-electron chi connectivity index (χ0n) is 6.92. The Labute approximate surface area is 67.5 Å². The maximum absolute atomic E-state index is 7.32. The molecule has 11 heavy (non-hydrogen) atoms. The monoisotopic (exact) mass is 157 g/mol. The van der Waals surface area contributed by atoms with Crippen molar-refractivity contribution in [2.45, 2.75) is 6.92 Å². The third-order valence-corrected chi connectivity index (χ3v) is 1.36. The highest BCUT2D eigenvalue weighted by Gasteiger charge is 2.06. The molecule has 0 bridgehead atoms. The van der Waals surface area contributed by atoms with E-state index in [2.05, 4.69) is 4.90 Å². The predicted molar refractivity (Wildman–Crippen MR) is 42.7 cm³/mol. The molecule has 64 valence electrons. The number of hydrogen-bond donors (Lipinski definition) is 1. The van der Waals surface area contributed by atoms with Crippen LogP contribution in [-0.4, -0.2) is 37.9 Å². The SMILES string of the molecule is CC#N.NCN1CCOCC1. The second-order valence-electron chi connectivity index (χ2n) is 2.14. The molecular formula is C7H15N3O. The average molecular weight is 157 g/mol. The highest BCUT2D eigenvalue weighted by molar-refractivity contribution is 4.57. The first-order valence-electron chi connectivity index (χ1n) is 3.66. The van der Waals surface area contributed by atoms with Gasteiger partial charge in [0.1, 0.15) is 0 Å². The van der Waals surface area contributed by atoms with Crippen LogP contribution in [0.25, 0.3) is 0 Å². The van der Waals surface area contributed by atoms with Gasteiger partial charge in [-0.05, 0) is 0 Å². The van der Waals surface area contributed by atoms with Gasteiger partial charge in [-0.1, -0.05) is 0 Å². The zero-order valence-corrected chi connectivity index (χ0v) is 6.92. The topological polar surface area (TPSA) is 62.3 Å². The lowest BCUT2D eigenvalue weighted by Crippen LogP contribution is -2.39. The minimum atomic E-state index is 0.670. The molecule has 0 radical (unpaired) electrons. The number of nitriles is 1. The van der Waals surface area contributed by atoms with Crippen LogP contribution in [0.4, 0.5) is 0 Å². The third-order valence-electron chi connectivity index (χ3n) is 1.36. The minimum absolute atomic E-state index is 0.670. The van der Waals surface area contributed by atoms with Crippen molar-refractivity contribution < 1.29 is 4.74 Å². The summed E-state index contributed by atoms with van der Waals surface area (Å²) in [5.74, 6) is 0. The van der Waals surface area contributed by atoms with Crippen molar-refractivity contribution in [3.63, 3.8) is 0 Å². The molecule has 1 heterocycles. The van der Waals surface area contributed by atoms with E-state index in [1.807, 2.05) is 0 Å². The summed E-state index contributed by atoms with van der Waals surface area (Å²) in [4.78, 5) is 2.17. The van der Waals surface area contributed by atoms with Gasteiger partial charge in [0.05, 0.1) is 19.3 Å². The van der Waals surface area contributed by atoms with E-state index in [4.69, 9.17) is 15.7 Å². The van der Waals surface area contributed by atoms with Crippen LogP contribution in [0.2, 0.25) is 0 Å². The quantitative estimate of drug-likeness (QED) is 0.571. The molecule has 4 nitrogen and oxygen atoms in total. The molecular weight excluding hydrogens is 142 g/mol. The van der Waals surface area contributed by atoms with E-state index in [1.54, 1.807) is 6.07 Å². The van der Waals surface area contributed by atoms with Crippen molar-refractivity contribution in [3.05, 3.63) is 0 Å².